The third kappa shape index (κ3) is 32.6. The molecule has 0 bridgehead atoms. The average Bonchev–Trinajstić information content (AvgIpc) is 3.07. The first-order valence-electron chi connectivity index (χ1n) is 18.5. The van der Waals surface area contributed by atoms with Crippen molar-refractivity contribution in [3.63, 3.8) is 0 Å². The van der Waals surface area contributed by atoms with Gasteiger partial charge in [0.05, 0.1) is 0 Å². The first-order valence-corrected chi connectivity index (χ1v) is 18.5. The van der Waals surface area contributed by atoms with Crippen LogP contribution < -0.4 is 5.73 Å². The SMILES string of the molecule is CC/C=C\C/C=C\C/C=C\CCCCCCCC(=O)OC(=O)CCC(N)C(=O)OC(=O)CCCCCCC/C=C\C/C=C\C/C=C\CC. The molecule has 0 rings (SSSR count). The molecule has 1 unspecified atom stereocenters. The van der Waals surface area contributed by atoms with E-state index in [2.05, 4.69) is 86.8 Å². The summed E-state index contributed by atoms with van der Waals surface area (Å²) in [5.74, 6) is -2.76. The minimum Gasteiger partial charge on any atom is -0.393 e. The van der Waals surface area contributed by atoms with E-state index in [0.717, 1.165) is 103 Å². The first-order chi connectivity index (χ1) is 23.4. The summed E-state index contributed by atoms with van der Waals surface area (Å²) in [6, 6.07) is -1.13. The Bertz CT molecular complexity index is 1020. The van der Waals surface area contributed by atoms with Crippen LogP contribution in [0.25, 0.3) is 0 Å². The van der Waals surface area contributed by atoms with Crippen molar-refractivity contribution in [2.75, 3.05) is 0 Å². The molecule has 0 saturated heterocycles. The van der Waals surface area contributed by atoms with Crippen molar-refractivity contribution in [2.24, 2.45) is 5.73 Å². The minimum absolute atomic E-state index is 0.0553. The Balaban J connectivity index is 3.75. The molecule has 0 amide bonds. The normalized spacial score (nSPS) is 12.8. The standard InChI is InChI=1S/C41H65NO6/c1-3-5-7-9-11-13-15-17-19-21-23-25-27-29-31-33-38(43)47-40(45)36-35-37(42)41(46)48-39(44)34-32-30-28-26-24-22-20-18-16-14-12-10-8-6-4-2/h5-8,11-14,17-20,37H,3-4,9-10,15-16,21-36,42H2,1-2H3/b7-5-,8-6-,13-11-,14-12-,19-17-,20-18-. The van der Waals surface area contributed by atoms with E-state index in [1.807, 2.05) is 0 Å². The molecule has 0 aromatic heterocycles. The van der Waals surface area contributed by atoms with Gasteiger partial charge in [0.25, 0.3) is 0 Å². The highest BCUT2D eigenvalue weighted by atomic mass is 16.6. The van der Waals surface area contributed by atoms with Crippen molar-refractivity contribution in [1.82, 2.24) is 0 Å². The maximum Gasteiger partial charge on any atom is 0.330 e. The van der Waals surface area contributed by atoms with Crippen molar-refractivity contribution in [3.8, 4) is 0 Å². The van der Waals surface area contributed by atoms with Gasteiger partial charge < -0.3 is 15.2 Å². The van der Waals surface area contributed by atoms with Crippen molar-refractivity contribution in [2.45, 2.75) is 161 Å². The summed E-state index contributed by atoms with van der Waals surface area (Å²) in [6.07, 6.45) is 44.1. The molecular formula is C41H65NO6. The van der Waals surface area contributed by atoms with Crippen LogP contribution in [0.4, 0.5) is 0 Å². The number of unbranched alkanes of at least 4 members (excludes halogenated alkanes) is 10. The fourth-order valence-corrected chi connectivity index (χ4v) is 4.64. The lowest BCUT2D eigenvalue weighted by molar-refractivity contribution is -0.160. The second kappa shape index (κ2) is 35.0. The number of nitrogens with two attached hydrogens (primary N) is 1. The van der Waals surface area contributed by atoms with Crippen LogP contribution in [0, 0.1) is 0 Å². The van der Waals surface area contributed by atoms with Gasteiger partial charge in [-0.3, -0.25) is 14.4 Å². The molecule has 270 valence electrons. The third-order valence-electron chi connectivity index (χ3n) is 7.47. The Labute approximate surface area is 291 Å². The Hall–Kier alpha value is -3.32. The van der Waals surface area contributed by atoms with Crippen LogP contribution in [0.15, 0.2) is 72.9 Å². The summed E-state index contributed by atoms with van der Waals surface area (Å²) in [6.45, 7) is 4.27. The second-order valence-corrected chi connectivity index (χ2v) is 12.0. The number of hydrogen-bond acceptors (Lipinski definition) is 7. The number of esters is 4. The van der Waals surface area contributed by atoms with E-state index in [9.17, 15) is 19.2 Å². The Morgan fingerprint density at radius 1 is 0.458 bits per heavy atom. The van der Waals surface area contributed by atoms with Gasteiger partial charge in [-0.15, -0.1) is 0 Å². The highest BCUT2D eigenvalue weighted by Gasteiger charge is 2.21. The minimum atomic E-state index is -1.13. The summed E-state index contributed by atoms with van der Waals surface area (Å²) in [5, 5.41) is 0. The topological polar surface area (TPSA) is 113 Å². The van der Waals surface area contributed by atoms with Gasteiger partial charge in [0.2, 0.25) is 0 Å². The fraction of sp³-hybridized carbons (Fsp3) is 0.610. The molecule has 0 heterocycles. The van der Waals surface area contributed by atoms with Crippen LogP contribution in [0.3, 0.4) is 0 Å². The molecule has 0 aliphatic heterocycles. The highest BCUT2D eigenvalue weighted by Crippen LogP contribution is 2.11. The van der Waals surface area contributed by atoms with E-state index in [-0.39, 0.29) is 25.7 Å². The number of ether oxygens (including phenoxy) is 2. The molecule has 0 aromatic carbocycles. The molecule has 0 aromatic rings. The zero-order chi connectivity index (χ0) is 35.3. The fourth-order valence-electron chi connectivity index (χ4n) is 4.64. The largest absolute Gasteiger partial charge is 0.393 e. The molecule has 1 atom stereocenters. The van der Waals surface area contributed by atoms with E-state index < -0.39 is 29.9 Å². The van der Waals surface area contributed by atoms with Crippen molar-refractivity contribution < 1.29 is 28.7 Å². The van der Waals surface area contributed by atoms with Gasteiger partial charge >= 0.3 is 23.9 Å². The van der Waals surface area contributed by atoms with Crippen LogP contribution in [0.1, 0.15) is 155 Å². The molecule has 0 aliphatic carbocycles. The molecule has 0 saturated carbocycles. The lowest BCUT2D eigenvalue weighted by Crippen LogP contribution is -2.34. The zero-order valence-corrected chi connectivity index (χ0v) is 30.1. The van der Waals surface area contributed by atoms with Crippen LogP contribution in [0.5, 0.6) is 0 Å². The highest BCUT2D eigenvalue weighted by molar-refractivity contribution is 5.89. The molecule has 7 heteroatoms. The monoisotopic (exact) mass is 667 g/mol. The summed E-state index contributed by atoms with van der Waals surface area (Å²) in [4.78, 5) is 48.1. The van der Waals surface area contributed by atoms with E-state index >= 15 is 0 Å². The maximum atomic E-state index is 12.1. The van der Waals surface area contributed by atoms with E-state index in [4.69, 9.17) is 15.2 Å². The molecule has 2 N–H and O–H groups in total. The summed E-state index contributed by atoms with van der Waals surface area (Å²) >= 11 is 0. The molecular weight excluding hydrogens is 602 g/mol. The number of carbonyl (C=O) groups is 4. The van der Waals surface area contributed by atoms with Gasteiger partial charge in [0.1, 0.15) is 6.04 Å². The van der Waals surface area contributed by atoms with Gasteiger partial charge in [-0.2, -0.15) is 0 Å². The molecule has 0 fully saturated rings. The van der Waals surface area contributed by atoms with Gasteiger partial charge in [-0.05, 0) is 83.5 Å². The van der Waals surface area contributed by atoms with Crippen molar-refractivity contribution in [1.29, 1.82) is 0 Å². The van der Waals surface area contributed by atoms with Gasteiger partial charge in [-0.1, -0.05) is 125 Å². The van der Waals surface area contributed by atoms with Crippen LogP contribution in [-0.4, -0.2) is 29.9 Å². The van der Waals surface area contributed by atoms with Gasteiger partial charge in [0, 0.05) is 19.3 Å². The smallest absolute Gasteiger partial charge is 0.330 e. The number of hydrogen-bond donors (Lipinski definition) is 1. The predicted molar refractivity (Wildman–Crippen MR) is 198 cm³/mol. The molecule has 48 heavy (non-hydrogen) atoms. The van der Waals surface area contributed by atoms with E-state index in [0.29, 0.717) is 12.8 Å². The van der Waals surface area contributed by atoms with Crippen LogP contribution in [0.2, 0.25) is 0 Å². The van der Waals surface area contributed by atoms with Crippen LogP contribution >= 0.6 is 0 Å². The Morgan fingerprint density at radius 2 is 0.812 bits per heavy atom. The van der Waals surface area contributed by atoms with Crippen molar-refractivity contribution in [3.05, 3.63) is 72.9 Å². The second-order valence-electron chi connectivity index (χ2n) is 12.0. The lowest BCUT2D eigenvalue weighted by atomic mass is 10.1. The van der Waals surface area contributed by atoms with Crippen LogP contribution in [-0.2, 0) is 28.7 Å². The average molecular weight is 668 g/mol. The Kier molecular flexibility index (Phi) is 32.6. The zero-order valence-electron chi connectivity index (χ0n) is 30.1. The predicted octanol–water partition coefficient (Wildman–Crippen LogP) is 10.4. The molecule has 0 spiro atoms. The summed E-state index contributed by atoms with van der Waals surface area (Å²) in [7, 11) is 0. The maximum absolute atomic E-state index is 12.1. The molecule has 0 aliphatic rings. The number of carbonyl (C=O) groups excluding carboxylic acids is 4. The Morgan fingerprint density at radius 3 is 1.27 bits per heavy atom. The van der Waals surface area contributed by atoms with Gasteiger partial charge in [0.15, 0.2) is 0 Å². The molecule has 0 radical (unpaired) electrons. The lowest BCUT2D eigenvalue weighted by Gasteiger charge is -2.10. The molecule has 7 nitrogen and oxygen atoms in total. The van der Waals surface area contributed by atoms with E-state index in [1.54, 1.807) is 0 Å². The summed E-state index contributed by atoms with van der Waals surface area (Å²) < 4.78 is 9.67. The third-order valence-corrected chi connectivity index (χ3v) is 7.47. The van der Waals surface area contributed by atoms with Crippen molar-refractivity contribution >= 4 is 23.9 Å². The van der Waals surface area contributed by atoms with E-state index in [1.165, 1.54) is 0 Å². The quantitative estimate of drug-likeness (QED) is 0.0351. The number of allylic oxidation sites excluding steroid dienone is 12. The first kappa shape index (κ1) is 44.7. The number of rotatable bonds is 30. The summed E-state index contributed by atoms with van der Waals surface area (Å²) in [5.41, 5.74) is 5.79. The van der Waals surface area contributed by atoms with Gasteiger partial charge in [-0.25, -0.2) is 4.79 Å².